The van der Waals surface area contributed by atoms with Gasteiger partial charge in [-0.1, -0.05) is 0 Å². The summed E-state index contributed by atoms with van der Waals surface area (Å²) in [6.07, 6.45) is 7.25. The minimum absolute atomic E-state index is 0.00693. The highest BCUT2D eigenvalue weighted by molar-refractivity contribution is 5.94. The minimum atomic E-state index is -0.0526. The van der Waals surface area contributed by atoms with Crippen molar-refractivity contribution in [2.45, 2.75) is 12.5 Å². The summed E-state index contributed by atoms with van der Waals surface area (Å²) in [6.45, 7) is 1.23. The molecule has 1 amide bonds. The van der Waals surface area contributed by atoms with Crippen LogP contribution in [0.1, 0.15) is 16.8 Å². The molecule has 0 saturated carbocycles. The molecule has 3 heterocycles. The van der Waals surface area contributed by atoms with Gasteiger partial charge in [-0.2, -0.15) is 0 Å². The van der Waals surface area contributed by atoms with Crippen LogP contribution in [0.4, 0.5) is 0 Å². The van der Waals surface area contributed by atoms with Crippen molar-refractivity contribution in [3.8, 4) is 6.01 Å². The smallest absolute Gasteiger partial charge is 0.316 e. The molecule has 0 aromatic carbocycles. The number of carbonyl (C=O) groups is 1. The van der Waals surface area contributed by atoms with E-state index in [0.29, 0.717) is 24.7 Å². The molecule has 6 heteroatoms. The number of ether oxygens (including phenoxy) is 1. The fourth-order valence-electron chi connectivity index (χ4n) is 2.18. The lowest BCUT2D eigenvalue weighted by Gasteiger charge is -2.16. The zero-order chi connectivity index (χ0) is 13.8. The van der Waals surface area contributed by atoms with Gasteiger partial charge in [0, 0.05) is 43.3 Å². The van der Waals surface area contributed by atoms with Crippen LogP contribution in [0.3, 0.4) is 0 Å². The monoisotopic (exact) mass is 270 g/mol. The summed E-state index contributed by atoms with van der Waals surface area (Å²) in [5.74, 6) is 0.00693. The molecule has 1 aliphatic heterocycles. The SMILES string of the molecule is O=C(c1ccncc1)N1CC[C@@H](Oc2ncccn2)C1. The van der Waals surface area contributed by atoms with Crippen molar-refractivity contribution in [2.75, 3.05) is 13.1 Å². The Morgan fingerprint density at radius 2 is 1.95 bits per heavy atom. The largest absolute Gasteiger partial charge is 0.458 e. The van der Waals surface area contributed by atoms with Gasteiger partial charge in [0.15, 0.2) is 0 Å². The highest BCUT2D eigenvalue weighted by Crippen LogP contribution is 2.16. The summed E-state index contributed by atoms with van der Waals surface area (Å²) >= 11 is 0. The Morgan fingerprint density at radius 3 is 2.70 bits per heavy atom. The van der Waals surface area contributed by atoms with E-state index >= 15 is 0 Å². The molecule has 1 saturated heterocycles. The lowest BCUT2D eigenvalue weighted by molar-refractivity contribution is 0.0769. The highest BCUT2D eigenvalue weighted by Gasteiger charge is 2.28. The first-order chi connectivity index (χ1) is 9.83. The number of pyridine rings is 1. The Morgan fingerprint density at radius 1 is 1.20 bits per heavy atom. The van der Waals surface area contributed by atoms with E-state index in [4.69, 9.17) is 4.74 Å². The van der Waals surface area contributed by atoms with Crippen LogP contribution in [0.2, 0.25) is 0 Å². The summed E-state index contributed by atoms with van der Waals surface area (Å²) in [5, 5.41) is 0. The molecule has 102 valence electrons. The second kappa shape index (κ2) is 5.64. The molecular formula is C14H14N4O2. The first kappa shape index (κ1) is 12.5. The molecule has 2 aromatic rings. The zero-order valence-corrected chi connectivity index (χ0v) is 10.8. The normalized spacial score (nSPS) is 18.0. The first-order valence-corrected chi connectivity index (χ1v) is 6.46. The molecule has 1 atom stereocenters. The van der Waals surface area contributed by atoms with Gasteiger partial charge >= 0.3 is 6.01 Å². The van der Waals surface area contributed by atoms with E-state index in [2.05, 4.69) is 15.0 Å². The zero-order valence-electron chi connectivity index (χ0n) is 10.8. The van der Waals surface area contributed by atoms with Gasteiger partial charge in [-0.05, 0) is 18.2 Å². The molecule has 0 aliphatic carbocycles. The van der Waals surface area contributed by atoms with E-state index < -0.39 is 0 Å². The summed E-state index contributed by atoms with van der Waals surface area (Å²) in [5.41, 5.74) is 0.650. The topological polar surface area (TPSA) is 68.2 Å². The summed E-state index contributed by atoms with van der Waals surface area (Å²) in [7, 11) is 0. The maximum absolute atomic E-state index is 12.3. The number of amides is 1. The number of hydrogen-bond acceptors (Lipinski definition) is 5. The Labute approximate surface area is 116 Å². The van der Waals surface area contributed by atoms with Crippen LogP contribution >= 0.6 is 0 Å². The van der Waals surface area contributed by atoms with Crippen molar-refractivity contribution in [1.82, 2.24) is 19.9 Å². The lowest BCUT2D eigenvalue weighted by Crippen LogP contribution is -2.31. The average Bonchev–Trinajstić information content (AvgIpc) is 2.97. The molecule has 0 spiro atoms. The van der Waals surface area contributed by atoms with E-state index in [0.717, 1.165) is 6.42 Å². The van der Waals surface area contributed by atoms with Crippen molar-refractivity contribution in [2.24, 2.45) is 0 Å². The molecular weight excluding hydrogens is 256 g/mol. The van der Waals surface area contributed by atoms with Gasteiger partial charge in [-0.15, -0.1) is 0 Å². The molecule has 0 radical (unpaired) electrons. The van der Waals surface area contributed by atoms with Gasteiger partial charge in [-0.25, -0.2) is 9.97 Å². The fourth-order valence-corrected chi connectivity index (χ4v) is 2.18. The third-order valence-corrected chi connectivity index (χ3v) is 3.17. The van der Waals surface area contributed by atoms with Crippen LogP contribution in [0.15, 0.2) is 43.0 Å². The van der Waals surface area contributed by atoms with Crippen LogP contribution < -0.4 is 4.74 Å². The molecule has 2 aromatic heterocycles. The van der Waals surface area contributed by atoms with Gasteiger partial charge in [0.2, 0.25) is 0 Å². The molecule has 1 aliphatic rings. The van der Waals surface area contributed by atoms with E-state index in [-0.39, 0.29) is 12.0 Å². The maximum Gasteiger partial charge on any atom is 0.316 e. The summed E-state index contributed by atoms with van der Waals surface area (Å²) < 4.78 is 5.66. The van der Waals surface area contributed by atoms with Crippen molar-refractivity contribution in [1.29, 1.82) is 0 Å². The summed E-state index contributed by atoms with van der Waals surface area (Å²) in [6, 6.07) is 5.53. The second-order valence-electron chi connectivity index (χ2n) is 4.55. The van der Waals surface area contributed by atoms with Gasteiger partial charge in [-0.3, -0.25) is 9.78 Å². The van der Waals surface area contributed by atoms with Crippen molar-refractivity contribution in [3.63, 3.8) is 0 Å². The Bertz CT molecular complexity index is 576. The maximum atomic E-state index is 12.3. The van der Waals surface area contributed by atoms with Gasteiger partial charge in [0.1, 0.15) is 6.10 Å². The van der Waals surface area contributed by atoms with Crippen molar-refractivity contribution in [3.05, 3.63) is 48.5 Å². The van der Waals surface area contributed by atoms with Crippen LogP contribution in [0, 0.1) is 0 Å². The molecule has 0 unspecified atom stereocenters. The van der Waals surface area contributed by atoms with Crippen LogP contribution in [-0.2, 0) is 0 Å². The van der Waals surface area contributed by atoms with Crippen LogP contribution in [0.5, 0.6) is 6.01 Å². The standard InChI is InChI=1S/C14H14N4O2/c19-13(11-2-7-15-8-3-11)18-9-4-12(10-18)20-14-16-5-1-6-17-14/h1-3,5-8,12H,4,9-10H2/t12-/m1/s1. The van der Waals surface area contributed by atoms with E-state index in [1.807, 2.05) is 0 Å². The molecule has 3 rings (SSSR count). The molecule has 1 fully saturated rings. The van der Waals surface area contributed by atoms with Crippen LogP contribution in [0.25, 0.3) is 0 Å². The number of rotatable bonds is 3. The van der Waals surface area contributed by atoms with E-state index in [1.165, 1.54) is 0 Å². The average molecular weight is 270 g/mol. The van der Waals surface area contributed by atoms with Crippen molar-refractivity contribution < 1.29 is 9.53 Å². The molecule has 0 bridgehead atoms. The van der Waals surface area contributed by atoms with Gasteiger partial charge in [0.25, 0.3) is 5.91 Å². The fraction of sp³-hybridized carbons (Fsp3) is 0.286. The molecule has 6 nitrogen and oxygen atoms in total. The predicted molar refractivity (Wildman–Crippen MR) is 71.2 cm³/mol. The highest BCUT2D eigenvalue weighted by atomic mass is 16.5. The quantitative estimate of drug-likeness (QED) is 0.837. The number of hydrogen-bond donors (Lipinski definition) is 0. The Balaban J connectivity index is 1.61. The number of carbonyl (C=O) groups excluding carboxylic acids is 1. The second-order valence-corrected chi connectivity index (χ2v) is 4.55. The number of aromatic nitrogens is 3. The van der Waals surface area contributed by atoms with Crippen LogP contribution in [-0.4, -0.2) is 45.0 Å². The Hall–Kier alpha value is -2.50. The predicted octanol–water partition coefficient (Wildman–Crippen LogP) is 1.17. The first-order valence-electron chi connectivity index (χ1n) is 6.46. The van der Waals surface area contributed by atoms with Gasteiger partial charge < -0.3 is 9.64 Å². The Kier molecular flexibility index (Phi) is 3.54. The summed E-state index contributed by atoms with van der Waals surface area (Å²) in [4.78, 5) is 26.0. The minimum Gasteiger partial charge on any atom is -0.458 e. The molecule has 0 N–H and O–H groups in total. The van der Waals surface area contributed by atoms with E-state index in [1.54, 1.807) is 47.9 Å². The number of likely N-dealkylation sites (tertiary alicyclic amines) is 1. The third kappa shape index (κ3) is 2.74. The third-order valence-electron chi connectivity index (χ3n) is 3.17. The molecule has 20 heavy (non-hydrogen) atoms. The lowest BCUT2D eigenvalue weighted by atomic mass is 10.2. The van der Waals surface area contributed by atoms with Gasteiger partial charge in [0.05, 0.1) is 6.54 Å². The number of nitrogens with zero attached hydrogens (tertiary/aromatic N) is 4. The van der Waals surface area contributed by atoms with Crippen molar-refractivity contribution >= 4 is 5.91 Å². The van der Waals surface area contributed by atoms with E-state index in [9.17, 15) is 4.79 Å².